The van der Waals surface area contributed by atoms with Crippen molar-refractivity contribution < 1.29 is 9.90 Å². The Morgan fingerprint density at radius 3 is 2.74 bits per heavy atom. The van der Waals surface area contributed by atoms with E-state index in [9.17, 15) is 4.79 Å². The molecule has 1 saturated heterocycles. The number of piperazine rings is 1. The van der Waals surface area contributed by atoms with E-state index in [1.165, 1.54) is 4.90 Å². The van der Waals surface area contributed by atoms with Crippen LogP contribution in [0.1, 0.15) is 0 Å². The van der Waals surface area contributed by atoms with Crippen LogP contribution in [0.5, 0.6) is 0 Å². The van der Waals surface area contributed by atoms with E-state index < -0.39 is 6.09 Å². The van der Waals surface area contributed by atoms with Gasteiger partial charge in [-0.15, -0.1) is 0 Å². The van der Waals surface area contributed by atoms with Crippen LogP contribution in [-0.2, 0) is 0 Å². The maximum Gasteiger partial charge on any atom is 0.407 e. The first-order valence-corrected chi connectivity index (χ1v) is 6.11. The zero-order valence-corrected chi connectivity index (χ0v) is 10.3. The summed E-state index contributed by atoms with van der Waals surface area (Å²) in [5.41, 5.74) is 8.40. The molecule has 100 valence electrons. The zero-order valence-electron chi connectivity index (χ0n) is 10.3. The summed E-state index contributed by atoms with van der Waals surface area (Å²) in [5, 5.41) is 8.92. The number of imidazole rings is 1. The largest absolute Gasteiger partial charge is 0.465 e. The van der Waals surface area contributed by atoms with Crippen molar-refractivity contribution in [2.24, 2.45) is 0 Å². The normalized spacial score (nSPS) is 16.0. The molecule has 7 heteroatoms. The van der Waals surface area contributed by atoms with Crippen molar-refractivity contribution in [2.45, 2.75) is 0 Å². The summed E-state index contributed by atoms with van der Waals surface area (Å²) in [6, 6.07) is 5.91. The Labute approximate surface area is 109 Å². The fourth-order valence-electron chi connectivity index (χ4n) is 2.37. The fourth-order valence-corrected chi connectivity index (χ4v) is 2.37. The van der Waals surface area contributed by atoms with Gasteiger partial charge < -0.3 is 25.6 Å². The number of hydrogen-bond donors (Lipinski definition) is 3. The number of rotatable bonds is 1. The van der Waals surface area contributed by atoms with E-state index >= 15 is 0 Å². The average molecular weight is 261 g/mol. The molecular formula is C12H15N5O2. The third-order valence-electron chi connectivity index (χ3n) is 3.40. The summed E-state index contributed by atoms with van der Waals surface area (Å²) in [6.45, 7) is 2.43. The van der Waals surface area contributed by atoms with Gasteiger partial charge in [-0.25, -0.2) is 9.78 Å². The van der Waals surface area contributed by atoms with E-state index in [1.54, 1.807) is 0 Å². The first-order valence-electron chi connectivity index (χ1n) is 6.11. The number of nitrogens with one attached hydrogen (secondary N) is 1. The number of nitrogens with two attached hydrogens (primary N) is 1. The van der Waals surface area contributed by atoms with Gasteiger partial charge in [0.1, 0.15) is 0 Å². The van der Waals surface area contributed by atoms with Crippen LogP contribution in [-0.4, -0.2) is 52.2 Å². The van der Waals surface area contributed by atoms with E-state index in [1.807, 2.05) is 18.2 Å². The van der Waals surface area contributed by atoms with Gasteiger partial charge in [-0.3, -0.25) is 0 Å². The molecular weight excluding hydrogens is 246 g/mol. The molecule has 4 N–H and O–H groups in total. The Hall–Kier alpha value is -2.44. The number of carbonyl (C=O) groups is 1. The highest BCUT2D eigenvalue weighted by Crippen LogP contribution is 2.22. The van der Waals surface area contributed by atoms with Crippen molar-refractivity contribution in [2.75, 3.05) is 36.8 Å². The molecule has 2 heterocycles. The maximum atomic E-state index is 10.9. The number of benzene rings is 1. The molecule has 1 aromatic carbocycles. The predicted octanol–water partition coefficient (Wildman–Crippen LogP) is 0.945. The van der Waals surface area contributed by atoms with E-state index in [-0.39, 0.29) is 0 Å². The Morgan fingerprint density at radius 2 is 2.05 bits per heavy atom. The van der Waals surface area contributed by atoms with Crippen molar-refractivity contribution >= 4 is 28.8 Å². The summed E-state index contributed by atoms with van der Waals surface area (Å²) in [7, 11) is 0. The lowest BCUT2D eigenvalue weighted by atomic mass is 10.2. The molecule has 1 aliphatic rings. The average Bonchev–Trinajstić information content (AvgIpc) is 2.77. The highest BCUT2D eigenvalue weighted by Gasteiger charge is 2.20. The molecule has 1 aromatic heterocycles. The van der Waals surface area contributed by atoms with Crippen molar-refractivity contribution in [1.29, 1.82) is 0 Å². The molecule has 0 aliphatic carbocycles. The number of hydrogen-bond acceptors (Lipinski definition) is 4. The third-order valence-corrected chi connectivity index (χ3v) is 3.40. The number of amides is 1. The van der Waals surface area contributed by atoms with E-state index in [4.69, 9.17) is 10.8 Å². The Balaban J connectivity index is 1.79. The van der Waals surface area contributed by atoms with Crippen LogP contribution in [0, 0.1) is 0 Å². The molecule has 7 nitrogen and oxygen atoms in total. The van der Waals surface area contributed by atoms with Gasteiger partial charge in [-0.05, 0) is 18.2 Å². The fraction of sp³-hybridized carbons (Fsp3) is 0.333. The minimum atomic E-state index is -0.852. The monoisotopic (exact) mass is 261 g/mol. The molecule has 0 saturated carbocycles. The molecule has 0 bridgehead atoms. The number of aromatic nitrogens is 2. The van der Waals surface area contributed by atoms with E-state index in [2.05, 4.69) is 14.9 Å². The number of aromatic amines is 1. The zero-order chi connectivity index (χ0) is 13.4. The van der Waals surface area contributed by atoms with Crippen LogP contribution in [0.25, 0.3) is 11.0 Å². The summed E-state index contributed by atoms with van der Waals surface area (Å²) in [6.07, 6.45) is -0.852. The summed E-state index contributed by atoms with van der Waals surface area (Å²) >= 11 is 0. The summed E-state index contributed by atoms with van der Waals surface area (Å²) in [4.78, 5) is 21.6. The van der Waals surface area contributed by atoms with E-state index in [0.717, 1.165) is 16.7 Å². The van der Waals surface area contributed by atoms with Gasteiger partial charge in [0.05, 0.1) is 11.0 Å². The van der Waals surface area contributed by atoms with Crippen molar-refractivity contribution in [3.63, 3.8) is 0 Å². The number of H-pyrrole nitrogens is 1. The van der Waals surface area contributed by atoms with Crippen molar-refractivity contribution in [3.8, 4) is 0 Å². The lowest BCUT2D eigenvalue weighted by Crippen LogP contribution is -2.48. The van der Waals surface area contributed by atoms with Crippen LogP contribution in [0.3, 0.4) is 0 Å². The molecule has 0 atom stereocenters. The maximum absolute atomic E-state index is 10.9. The van der Waals surface area contributed by atoms with Gasteiger partial charge in [0.2, 0.25) is 0 Å². The number of fused-ring (bicyclic) bond motifs is 1. The molecule has 1 fully saturated rings. The van der Waals surface area contributed by atoms with E-state index in [0.29, 0.717) is 32.1 Å². The van der Waals surface area contributed by atoms with Crippen LogP contribution in [0.2, 0.25) is 0 Å². The third kappa shape index (κ3) is 2.14. The van der Waals surface area contributed by atoms with Gasteiger partial charge in [-0.2, -0.15) is 0 Å². The Morgan fingerprint density at radius 1 is 1.32 bits per heavy atom. The topological polar surface area (TPSA) is 98.5 Å². The lowest BCUT2D eigenvalue weighted by Gasteiger charge is -2.34. The second kappa shape index (κ2) is 4.34. The molecule has 0 unspecified atom stereocenters. The highest BCUT2D eigenvalue weighted by molar-refractivity contribution is 5.81. The SMILES string of the molecule is Nc1nc2cc(N3CCN(C(=O)O)CC3)ccc2[nH]1. The molecule has 0 radical (unpaired) electrons. The molecule has 2 aromatic rings. The minimum absolute atomic E-state index is 0.405. The van der Waals surface area contributed by atoms with Crippen LogP contribution < -0.4 is 10.6 Å². The standard InChI is InChI=1S/C12H15N5O2/c13-11-14-9-2-1-8(7-10(9)15-11)16-3-5-17(6-4-16)12(18)19/h1-2,7H,3-6H2,(H,18,19)(H3,13,14,15). The predicted molar refractivity (Wildman–Crippen MR) is 72.3 cm³/mol. The quantitative estimate of drug-likeness (QED) is 0.709. The number of nitrogens with zero attached hydrogens (tertiary/aromatic N) is 3. The second-order valence-corrected chi connectivity index (χ2v) is 4.58. The molecule has 19 heavy (non-hydrogen) atoms. The smallest absolute Gasteiger partial charge is 0.407 e. The summed E-state index contributed by atoms with van der Waals surface area (Å²) < 4.78 is 0. The first kappa shape index (κ1) is 11.6. The van der Waals surface area contributed by atoms with Crippen molar-refractivity contribution in [3.05, 3.63) is 18.2 Å². The van der Waals surface area contributed by atoms with Crippen LogP contribution in [0.15, 0.2) is 18.2 Å². The molecule has 1 amide bonds. The van der Waals surface area contributed by atoms with Gasteiger partial charge >= 0.3 is 6.09 Å². The number of nitrogen functional groups attached to an aromatic ring is 1. The molecule has 0 spiro atoms. The van der Waals surface area contributed by atoms with Crippen molar-refractivity contribution in [1.82, 2.24) is 14.9 Å². The minimum Gasteiger partial charge on any atom is -0.465 e. The Bertz CT molecular complexity index is 616. The first-order chi connectivity index (χ1) is 9.13. The summed E-state index contributed by atoms with van der Waals surface area (Å²) in [5.74, 6) is 0.405. The molecule has 1 aliphatic heterocycles. The number of carboxylic acid groups (broad SMARTS) is 1. The number of anilines is 2. The Kier molecular flexibility index (Phi) is 2.66. The molecule has 3 rings (SSSR count). The van der Waals surface area contributed by atoms with Gasteiger partial charge in [0.25, 0.3) is 0 Å². The van der Waals surface area contributed by atoms with Gasteiger partial charge in [0.15, 0.2) is 5.95 Å². The lowest BCUT2D eigenvalue weighted by molar-refractivity contribution is 0.142. The second-order valence-electron chi connectivity index (χ2n) is 4.58. The van der Waals surface area contributed by atoms with Gasteiger partial charge in [0, 0.05) is 31.9 Å². The van der Waals surface area contributed by atoms with Crippen LogP contribution >= 0.6 is 0 Å². The van der Waals surface area contributed by atoms with Gasteiger partial charge in [-0.1, -0.05) is 0 Å². The highest BCUT2D eigenvalue weighted by atomic mass is 16.4. The van der Waals surface area contributed by atoms with Crippen LogP contribution in [0.4, 0.5) is 16.4 Å².